The fraction of sp³-hybridized carbons (Fsp3) is 0.217. The Morgan fingerprint density at radius 1 is 1.03 bits per heavy atom. The van der Waals surface area contributed by atoms with Crippen molar-refractivity contribution in [2.75, 3.05) is 19.4 Å². The van der Waals surface area contributed by atoms with Crippen molar-refractivity contribution in [1.29, 1.82) is 0 Å². The van der Waals surface area contributed by atoms with Gasteiger partial charge in [0.15, 0.2) is 5.65 Å². The Bertz CT molecular complexity index is 1170. The first kappa shape index (κ1) is 20.9. The van der Waals surface area contributed by atoms with E-state index in [1.807, 2.05) is 48.5 Å². The van der Waals surface area contributed by atoms with Gasteiger partial charge in [-0.15, -0.1) is 10.2 Å². The van der Waals surface area contributed by atoms with Gasteiger partial charge >= 0.3 is 0 Å². The normalized spacial score (nSPS) is 10.9. The van der Waals surface area contributed by atoms with Gasteiger partial charge in [0.25, 0.3) is 0 Å². The van der Waals surface area contributed by atoms with Crippen LogP contribution in [0.5, 0.6) is 5.75 Å². The second-order valence-electron chi connectivity index (χ2n) is 7.07. The molecule has 31 heavy (non-hydrogen) atoms. The summed E-state index contributed by atoms with van der Waals surface area (Å²) >= 11 is 1.32. The van der Waals surface area contributed by atoms with E-state index in [0.717, 1.165) is 29.0 Å². The van der Waals surface area contributed by atoms with Crippen LogP contribution in [0.2, 0.25) is 0 Å². The molecule has 0 aliphatic heterocycles. The average molecular weight is 434 g/mol. The van der Waals surface area contributed by atoms with E-state index in [9.17, 15) is 4.79 Å². The Kier molecular flexibility index (Phi) is 6.47. The predicted molar refractivity (Wildman–Crippen MR) is 121 cm³/mol. The summed E-state index contributed by atoms with van der Waals surface area (Å²) in [4.78, 5) is 12.3. The number of aryl methyl sites for hydroxylation is 1. The van der Waals surface area contributed by atoms with Gasteiger partial charge in [0, 0.05) is 12.1 Å². The number of benzene rings is 2. The van der Waals surface area contributed by atoms with E-state index < -0.39 is 0 Å². The van der Waals surface area contributed by atoms with Crippen LogP contribution >= 0.6 is 11.8 Å². The molecule has 4 rings (SSSR count). The van der Waals surface area contributed by atoms with Gasteiger partial charge < -0.3 is 10.1 Å². The molecule has 0 radical (unpaired) electrons. The zero-order chi connectivity index (χ0) is 21.6. The highest BCUT2D eigenvalue weighted by Gasteiger charge is 2.11. The van der Waals surface area contributed by atoms with E-state index in [1.54, 1.807) is 11.6 Å². The highest BCUT2D eigenvalue weighted by molar-refractivity contribution is 7.99. The highest BCUT2D eigenvalue weighted by Crippen LogP contribution is 2.21. The van der Waals surface area contributed by atoms with Gasteiger partial charge in [-0.05, 0) is 43.2 Å². The lowest BCUT2D eigenvalue weighted by molar-refractivity contribution is -0.118. The van der Waals surface area contributed by atoms with Crippen molar-refractivity contribution >= 4 is 23.3 Å². The second kappa shape index (κ2) is 9.61. The van der Waals surface area contributed by atoms with Crippen LogP contribution in [0.3, 0.4) is 0 Å². The molecule has 0 fully saturated rings. The minimum Gasteiger partial charge on any atom is -0.497 e. The maximum Gasteiger partial charge on any atom is 0.230 e. The zero-order valence-corrected chi connectivity index (χ0v) is 18.2. The molecule has 0 bridgehead atoms. The van der Waals surface area contributed by atoms with Crippen LogP contribution in [0.1, 0.15) is 11.1 Å². The van der Waals surface area contributed by atoms with E-state index >= 15 is 0 Å². The molecular weight excluding hydrogens is 410 g/mol. The van der Waals surface area contributed by atoms with Gasteiger partial charge in [0.1, 0.15) is 5.75 Å². The Balaban J connectivity index is 1.34. The summed E-state index contributed by atoms with van der Waals surface area (Å²) in [6, 6.07) is 19.8. The van der Waals surface area contributed by atoms with Crippen LogP contribution in [-0.4, -0.2) is 45.1 Å². The number of hydrogen-bond acceptors (Lipinski definition) is 6. The molecule has 1 amide bonds. The fourth-order valence-corrected chi connectivity index (χ4v) is 3.77. The summed E-state index contributed by atoms with van der Waals surface area (Å²) in [6.45, 7) is 2.62. The number of aromatic nitrogens is 4. The molecule has 2 heterocycles. The van der Waals surface area contributed by atoms with E-state index in [-0.39, 0.29) is 11.7 Å². The molecule has 0 aliphatic rings. The summed E-state index contributed by atoms with van der Waals surface area (Å²) in [7, 11) is 1.64. The number of carbonyl (C=O) groups is 1. The number of fused-ring (bicyclic) bond motifs is 1. The Labute approximate surface area is 184 Å². The lowest BCUT2D eigenvalue weighted by Gasteiger charge is -2.06. The van der Waals surface area contributed by atoms with Crippen molar-refractivity contribution < 1.29 is 9.53 Å². The van der Waals surface area contributed by atoms with Crippen LogP contribution in [0.4, 0.5) is 0 Å². The third-order valence-corrected chi connectivity index (χ3v) is 5.73. The molecule has 0 saturated carbocycles. The summed E-state index contributed by atoms with van der Waals surface area (Å²) < 4.78 is 6.84. The van der Waals surface area contributed by atoms with Crippen molar-refractivity contribution in [2.45, 2.75) is 18.5 Å². The minimum absolute atomic E-state index is 0.0510. The maximum absolute atomic E-state index is 12.3. The standard InChI is InChI=1S/C23H23N5O2S/c1-16-3-7-18(8-4-16)20-11-12-21-25-26-23(28(21)27-20)31-15-22(29)24-14-13-17-5-9-19(30-2)10-6-17/h3-12H,13-15H2,1-2H3,(H,24,29). The van der Waals surface area contributed by atoms with Gasteiger partial charge in [-0.25, -0.2) is 0 Å². The Hall–Kier alpha value is -3.39. The number of nitrogens with one attached hydrogen (secondary N) is 1. The quantitative estimate of drug-likeness (QED) is 0.428. The first-order valence-corrected chi connectivity index (χ1v) is 10.9. The second-order valence-corrected chi connectivity index (χ2v) is 8.02. The summed E-state index contributed by atoms with van der Waals surface area (Å²) in [5.41, 5.74) is 4.85. The third-order valence-electron chi connectivity index (χ3n) is 4.81. The predicted octanol–water partition coefficient (Wildman–Crippen LogP) is 3.56. The SMILES string of the molecule is COc1ccc(CCNC(=O)CSc2nnc3ccc(-c4ccc(C)cc4)nn23)cc1. The van der Waals surface area contributed by atoms with Gasteiger partial charge in [-0.2, -0.15) is 9.61 Å². The molecule has 0 aliphatic carbocycles. The van der Waals surface area contributed by atoms with E-state index in [4.69, 9.17) is 4.74 Å². The Morgan fingerprint density at radius 3 is 2.55 bits per heavy atom. The van der Waals surface area contributed by atoms with E-state index in [1.165, 1.54) is 17.3 Å². The third kappa shape index (κ3) is 5.21. The molecule has 2 aromatic carbocycles. The number of amides is 1. The molecule has 7 nitrogen and oxygen atoms in total. The first-order valence-electron chi connectivity index (χ1n) is 9.94. The number of hydrogen-bond donors (Lipinski definition) is 1. The topological polar surface area (TPSA) is 81.4 Å². The summed E-state index contributed by atoms with van der Waals surface area (Å²) in [6.07, 6.45) is 0.760. The molecule has 4 aromatic rings. The van der Waals surface area contributed by atoms with E-state index in [0.29, 0.717) is 17.3 Å². The maximum atomic E-state index is 12.3. The number of rotatable bonds is 8. The van der Waals surface area contributed by atoms with E-state index in [2.05, 4.69) is 39.7 Å². The summed E-state index contributed by atoms with van der Waals surface area (Å²) in [5, 5.41) is 16.5. The van der Waals surface area contributed by atoms with Gasteiger partial charge in [0.05, 0.1) is 18.6 Å². The van der Waals surface area contributed by atoms with Crippen LogP contribution < -0.4 is 10.1 Å². The van der Waals surface area contributed by atoms with Crippen molar-refractivity contribution in [2.24, 2.45) is 0 Å². The lowest BCUT2D eigenvalue weighted by Crippen LogP contribution is -2.27. The Morgan fingerprint density at radius 2 is 1.81 bits per heavy atom. The van der Waals surface area contributed by atoms with Crippen molar-refractivity contribution in [1.82, 2.24) is 25.1 Å². The smallest absolute Gasteiger partial charge is 0.230 e. The zero-order valence-electron chi connectivity index (χ0n) is 17.4. The molecule has 158 valence electrons. The van der Waals surface area contributed by atoms with Crippen LogP contribution in [0, 0.1) is 6.92 Å². The van der Waals surface area contributed by atoms with Crippen LogP contribution in [-0.2, 0) is 11.2 Å². The van der Waals surface area contributed by atoms with Gasteiger partial charge in [-0.3, -0.25) is 4.79 Å². The van der Waals surface area contributed by atoms with Gasteiger partial charge in [0.2, 0.25) is 11.1 Å². The molecule has 0 unspecified atom stereocenters. The highest BCUT2D eigenvalue weighted by atomic mass is 32.2. The number of carbonyl (C=O) groups excluding carboxylic acids is 1. The van der Waals surface area contributed by atoms with Crippen molar-refractivity contribution in [3.8, 4) is 17.0 Å². The number of nitrogens with zero attached hydrogens (tertiary/aromatic N) is 4. The van der Waals surface area contributed by atoms with Crippen molar-refractivity contribution in [3.05, 3.63) is 71.8 Å². The minimum atomic E-state index is -0.0510. The molecule has 8 heteroatoms. The molecular formula is C23H23N5O2S. The monoisotopic (exact) mass is 433 g/mol. The molecule has 0 atom stereocenters. The largest absolute Gasteiger partial charge is 0.497 e. The average Bonchev–Trinajstić information content (AvgIpc) is 3.21. The van der Waals surface area contributed by atoms with Crippen LogP contribution in [0.15, 0.2) is 65.8 Å². The lowest BCUT2D eigenvalue weighted by atomic mass is 10.1. The number of methoxy groups -OCH3 is 1. The number of thioether (sulfide) groups is 1. The van der Waals surface area contributed by atoms with Crippen molar-refractivity contribution in [3.63, 3.8) is 0 Å². The molecule has 0 saturated heterocycles. The molecule has 0 spiro atoms. The number of ether oxygens (including phenoxy) is 1. The van der Waals surface area contributed by atoms with Crippen LogP contribution in [0.25, 0.3) is 16.9 Å². The molecule has 1 N–H and O–H groups in total. The van der Waals surface area contributed by atoms with Gasteiger partial charge in [-0.1, -0.05) is 53.7 Å². The first-order chi connectivity index (χ1) is 15.1. The summed E-state index contributed by atoms with van der Waals surface area (Å²) in [5.74, 6) is 1.02. The molecule has 2 aromatic heterocycles. The fourth-order valence-electron chi connectivity index (χ4n) is 3.06.